The van der Waals surface area contributed by atoms with Crippen molar-refractivity contribution in [3.05, 3.63) is 169 Å². The van der Waals surface area contributed by atoms with Gasteiger partial charge in [-0.25, -0.2) is 4.98 Å². The highest BCUT2D eigenvalue weighted by Crippen LogP contribution is 2.56. The Morgan fingerprint density at radius 2 is 1.10 bits per heavy atom. The number of hydrogen-bond acceptors (Lipinski definition) is 1. The van der Waals surface area contributed by atoms with Crippen molar-refractivity contribution in [1.29, 1.82) is 0 Å². The number of para-hydroxylation sites is 2. The lowest BCUT2D eigenvalue weighted by Crippen LogP contribution is -2.17. The summed E-state index contributed by atoms with van der Waals surface area (Å²) in [5, 5.41) is 6.29. The maximum atomic E-state index is 5.43. The molecule has 1 aliphatic carbocycles. The molecule has 2 aromatic heterocycles. The highest BCUT2D eigenvalue weighted by atomic mass is 15.1. The highest BCUT2D eigenvalue weighted by molar-refractivity contribution is 6.27. The monoisotopic (exact) mass is 612 g/mol. The van der Waals surface area contributed by atoms with Crippen molar-refractivity contribution in [2.24, 2.45) is 0 Å². The number of benzene rings is 7. The van der Waals surface area contributed by atoms with Gasteiger partial charge in [0.15, 0.2) is 0 Å². The van der Waals surface area contributed by atoms with E-state index in [4.69, 9.17) is 4.98 Å². The van der Waals surface area contributed by atoms with E-state index < -0.39 is 0 Å². The van der Waals surface area contributed by atoms with Gasteiger partial charge in [-0.15, -0.1) is 0 Å². The first kappa shape index (κ1) is 27.2. The molecule has 0 amide bonds. The van der Waals surface area contributed by atoms with E-state index in [9.17, 15) is 0 Å². The van der Waals surface area contributed by atoms with Crippen molar-refractivity contribution in [3.63, 3.8) is 0 Å². The number of hydrogen-bond donors (Lipinski definition) is 0. The molecule has 2 heteroatoms. The van der Waals surface area contributed by atoms with Crippen LogP contribution in [0.1, 0.15) is 25.0 Å². The lowest BCUT2D eigenvalue weighted by molar-refractivity contribution is 0.664. The Balaban J connectivity index is 1.33. The molecule has 48 heavy (non-hydrogen) atoms. The molecule has 2 nitrogen and oxygen atoms in total. The van der Waals surface area contributed by atoms with Crippen LogP contribution >= 0.6 is 0 Å². The standard InChI is InChI=1S/C46H32N2/c1-46(2)38-21-11-8-19-35(38)42-33-17-6-7-18-34(33)43-36-20-10-13-23-40(36)48(45(43)44(42)46)41-28-37(32-16-9-12-22-39(32)47-41)31-26-24-30(25-27-31)29-14-4-3-5-15-29/h3-28H,1-2H3. The van der Waals surface area contributed by atoms with Gasteiger partial charge >= 0.3 is 0 Å². The average Bonchev–Trinajstić information content (AvgIpc) is 3.61. The van der Waals surface area contributed by atoms with E-state index >= 15 is 0 Å². The van der Waals surface area contributed by atoms with Gasteiger partial charge in [-0.2, -0.15) is 0 Å². The van der Waals surface area contributed by atoms with Crippen LogP contribution in [0.25, 0.3) is 82.7 Å². The van der Waals surface area contributed by atoms with Crippen molar-refractivity contribution in [2.45, 2.75) is 19.3 Å². The van der Waals surface area contributed by atoms with E-state index in [1.807, 2.05) is 0 Å². The van der Waals surface area contributed by atoms with Crippen molar-refractivity contribution in [1.82, 2.24) is 9.55 Å². The van der Waals surface area contributed by atoms with Gasteiger partial charge in [0.05, 0.1) is 16.6 Å². The largest absolute Gasteiger partial charge is 0.293 e. The summed E-state index contributed by atoms with van der Waals surface area (Å²) in [4.78, 5) is 5.43. The minimum Gasteiger partial charge on any atom is -0.293 e. The molecule has 10 rings (SSSR count). The zero-order chi connectivity index (χ0) is 32.0. The predicted octanol–water partition coefficient (Wildman–Crippen LogP) is 12.1. The van der Waals surface area contributed by atoms with Crippen molar-refractivity contribution < 1.29 is 0 Å². The van der Waals surface area contributed by atoms with E-state index in [-0.39, 0.29) is 5.41 Å². The summed E-state index contributed by atoms with van der Waals surface area (Å²) >= 11 is 0. The number of fused-ring (bicyclic) bond motifs is 11. The molecule has 9 aromatic rings. The molecule has 0 aliphatic heterocycles. The molecule has 0 fully saturated rings. The molecule has 1 aliphatic rings. The van der Waals surface area contributed by atoms with E-state index in [0.29, 0.717) is 0 Å². The van der Waals surface area contributed by atoms with Crippen LogP contribution in [0.2, 0.25) is 0 Å². The van der Waals surface area contributed by atoms with Crippen LogP contribution in [-0.2, 0) is 5.41 Å². The smallest absolute Gasteiger partial charge is 0.138 e. The van der Waals surface area contributed by atoms with Gasteiger partial charge in [0, 0.05) is 21.6 Å². The summed E-state index contributed by atoms with van der Waals surface area (Å²) in [7, 11) is 0. The van der Waals surface area contributed by atoms with Crippen molar-refractivity contribution in [2.75, 3.05) is 0 Å². The number of nitrogens with zero attached hydrogens (tertiary/aromatic N) is 2. The molecular formula is C46H32N2. The number of pyridine rings is 1. The van der Waals surface area contributed by atoms with Crippen molar-refractivity contribution in [3.8, 4) is 39.2 Å². The fourth-order valence-electron chi connectivity index (χ4n) is 8.42. The summed E-state index contributed by atoms with van der Waals surface area (Å²) in [5.41, 5.74) is 13.4. The topological polar surface area (TPSA) is 17.8 Å². The average molecular weight is 613 g/mol. The molecule has 0 atom stereocenters. The summed E-state index contributed by atoms with van der Waals surface area (Å²) in [6.45, 7) is 4.78. The minimum absolute atomic E-state index is 0.201. The molecule has 0 spiro atoms. The molecule has 0 bridgehead atoms. The van der Waals surface area contributed by atoms with Crippen LogP contribution in [0.5, 0.6) is 0 Å². The second-order valence-corrected chi connectivity index (χ2v) is 13.5. The maximum absolute atomic E-state index is 5.43. The predicted molar refractivity (Wildman–Crippen MR) is 202 cm³/mol. The first-order chi connectivity index (χ1) is 23.6. The first-order valence-corrected chi connectivity index (χ1v) is 16.7. The number of rotatable bonds is 3. The van der Waals surface area contributed by atoms with Gasteiger partial charge in [0.25, 0.3) is 0 Å². The first-order valence-electron chi connectivity index (χ1n) is 16.7. The molecule has 7 aromatic carbocycles. The second-order valence-electron chi connectivity index (χ2n) is 13.5. The quantitative estimate of drug-likeness (QED) is 0.194. The highest BCUT2D eigenvalue weighted by Gasteiger charge is 2.40. The van der Waals surface area contributed by atoms with E-state index in [0.717, 1.165) is 16.7 Å². The van der Waals surface area contributed by atoms with Gasteiger partial charge in [0.2, 0.25) is 0 Å². The molecule has 0 saturated carbocycles. The zero-order valence-corrected chi connectivity index (χ0v) is 26.9. The zero-order valence-electron chi connectivity index (χ0n) is 26.9. The second kappa shape index (κ2) is 10.0. The lowest BCUT2D eigenvalue weighted by Gasteiger charge is -2.24. The normalized spacial score (nSPS) is 13.4. The maximum Gasteiger partial charge on any atom is 0.138 e. The van der Waals surface area contributed by atoms with Crippen LogP contribution in [0.4, 0.5) is 0 Å². The lowest BCUT2D eigenvalue weighted by atomic mass is 9.80. The fourth-order valence-corrected chi connectivity index (χ4v) is 8.42. The van der Waals surface area contributed by atoms with E-state index in [1.54, 1.807) is 0 Å². The van der Waals surface area contributed by atoms with Crippen LogP contribution in [0.3, 0.4) is 0 Å². The third-order valence-electron chi connectivity index (χ3n) is 10.6. The van der Waals surface area contributed by atoms with Crippen LogP contribution in [0.15, 0.2) is 158 Å². The van der Waals surface area contributed by atoms with Gasteiger partial charge in [-0.3, -0.25) is 4.57 Å². The Morgan fingerprint density at radius 1 is 0.500 bits per heavy atom. The minimum atomic E-state index is -0.201. The summed E-state index contributed by atoms with van der Waals surface area (Å²) in [5.74, 6) is 0.936. The molecule has 2 heterocycles. The summed E-state index contributed by atoms with van der Waals surface area (Å²) < 4.78 is 2.46. The third-order valence-corrected chi connectivity index (χ3v) is 10.6. The Hall–Kier alpha value is -5.99. The molecule has 0 unspecified atom stereocenters. The SMILES string of the molecule is CC1(C)c2ccccc2-c2c1c1c(c3ccccc23)c2ccccc2n1-c1cc(-c2ccc(-c3ccccc3)cc2)c2ccccc2n1. The molecule has 0 saturated heterocycles. The molecule has 0 radical (unpaired) electrons. The van der Waals surface area contributed by atoms with E-state index in [2.05, 4.69) is 176 Å². The van der Waals surface area contributed by atoms with Crippen molar-refractivity contribution >= 4 is 43.5 Å². The van der Waals surface area contributed by atoms with Crippen LogP contribution in [-0.4, -0.2) is 9.55 Å². The van der Waals surface area contributed by atoms with Gasteiger partial charge in [-0.05, 0) is 73.5 Å². The molecule has 0 N–H and O–H groups in total. The van der Waals surface area contributed by atoms with E-state index in [1.165, 1.54) is 77.1 Å². The number of aromatic nitrogens is 2. The van der Waals surface area contributed by atoms with Gasteiger partial charge in [-0.1, -0.05) is 153 Å². The van der Waals surface area contributed by atoms with Crippen LogP contribution < -0.4 is 0 Å². The third kappa shape index (κ3) is 3.72. The van der Waals surface area contributed by atoms with Gasteiger partial charge in [0.1, 0.15) is 5.82 Å². The van der Waals surface area contributed by atoms with Gasteiger partial charge < -0.3 is 0 Å². The molecule has 226 valence electrons. The molecular weight excluding hydrogens is 581 g/mol. The fraction of sp³-hybridized carbons (Fsp3) is 0.0652. The Kier molecular flexibility index (Phi) is 5.66. The Labute approximate surface area is 279 Å². The Bertz CT molecular complexity index is 2730. The summed E-state index contributed by atoms with van der Waals surface area (Å²) in [6.07, 6.45) is 0. The Morgan fingerprint density at radius 3 is 1.92 bits per heavy atom. The van der Waals surface area contributed by atoms with Crippen LogP contribution in [0, 0.1) is 0 Å². The summed E-state index contributed by atoms with van der Waals surface area (Å²) in [6, 6.07) is 57.3.